The maximum absolute atomic E-state index is 4.97. The maximum atomic E-state index is 4.97. The summed E-state index contributed by atoms with van der Waals surface area (Å²) in [7, 11) is 1.73. The van der Waals surface area contributed by atoms with Crippen molar-refractivity contribution in [1.29, 1.82) is 0 Å². The number of rotatable bonds is 9. The summed E-state index contributed by atoms with van der Waals surface area (Å²) in [5.41, 5.74) is 1.34. The summed E-state index contributed by atoms with van der Waals surface area (Å²) in [6.07, 6.45) is 1.13. The van der Waals surface area contributed by atoms with E-state index in [0.29, 0.717) is 0 Å². The molecule has 1 rings (SSSR count). The first-order chi connectivity index (χ1) is 8.74. The molecule has 0 fully saturated rings. The highest BCUT2D eigenvalue weighted by Crippen LogP contribution is 2.18. The minimum Gasteiger partial charge on any atom is -0.383 e. The van der Waals surface area contributed by atoms with Gasteiger partial charge in [0.1, 0.15) is 0 Å². The van der Waals surface area contributed by atoms with Crippen molar-refractivity contribution in [2.45, 2.75) is 13.0 Å². The lowest BCUT2D eigenvalue weighted by Crippen LogP contribution is -2.24. The molecule has 0 spiro atoms. The van der Waals surface area contributed by atoms with E-state index in [-0.39, 0.29) is 0 Å². The molecule has 102 valence electrons. The molecule has 0 saturated carbocycles. The first kappa shape index (κ1) is 16.4. The van der Waals surface area contributed by atoms with Crippen molar-refractivity contribution < 1.29 is 4.74 Å². The van der Waals surface area contributed by atoms with E-state index < -0.39 is 0 Å². The number of hydrogen-bond acceptors (Lipinski definition) is 3. The number of methoxy groups -OCH3 is 1. The molecule has 0 saturated heterocycles. The molecule has 0 radical (unpaired) electrons. The number of benzene rings is 1. The van der Waals surface area contributed by atoms with Crippen LogP contribution in [-0.2, 0) is 11.3 Å². The molecular formula is C13H20BrIN2O. The van der Waals surface area contributed by atoms with Gasteiger partial charge in [0.05, 0.1) is 6.61 Å². The third-order valence-electron chi connectivity index (χ3n) is 2.51. The van der Waals surface area contributed by atoms with Crippen LogP contribution in [0.2, 0.25) is 0 Å². The predicted octanol–water partition coefficient (Wildman–Crippen LogP) is 2.77. The minimum atomic E-state index is 0.781. The second kappa shape index (κ2) is 10.1. The van der Waals surface area contributed by atoms with Crippen LogP contribution < -0.4 is 10.6 Å². The van der Waals surface area contributed by atoms with Crippen molar-refractivity contribution in [3.63, 3.8) is 0 Å². The predicted molar refractivity (Wildman–Crippen MR) is 87.9 cm³/mol. The van der Waals surface area contributed by atoms with Gasteiger partial charge in [-0.2, -0.15) is 0 Å². The van der Waals surface area contributed by atoms with Gasteiger partial charge < -0.3 is 15.4 Å². The highest BCUT2D eigenvalue weighted by atomic mass is 127. The van der Waals surface area contributed by atoms with Crippen molar-refractivity contribution in [3.8, 4) is 0 Å². The summed E-state index contributed by atoms with van der Waals surface area (Å²) in [6.45, 7) is 4.70. The van der Waals surface area contributed by atoms with Gasteiger partial charge in [0.2, 0.25) is 0 Å². The van der Waals surface area contributed by atoms with Crippen molar-refractivity contribution in [2.24, 2.45) is 0 Å². The molecule has 0 amide bonds. The smallest absolute Gasteiger partial charge is 0.0587 e. The van der Waals surface area contributed by atoms with Crippen molar-refractivity contribution >= 4 is 38.5 Å². The standard InChI is InChI=1S/C13H20BrIN2O/c1-18-8-7-16-5-2-6-17-10-11-9-12(14)3-4-13(11)15/h3-4,9,16-17H,2,5-8,10H2,1H3. The Morgan fingerprint density at radius 3 is 2.78 bits per heavy atom. The normalized spacial score (nSPS) is 10.8. The Hall–Kier alpha value is 0.310. The van der Waals surface area contributed by atoms with Crippen LogP contribution >= 0.6 is 38.5 Å². The van der Waals surface area contributed by atoms with Gasteiger partial charge in [-0.1, -0.05) is 15.9 Å². The lowest BCUT2D eigenvalue weighted by atomic mass is 10.2. The molecule has 0 aliphatic rings. The lowest BCUT2D eigenvalue weighted by Gasteiger charge is -2.08. The number of nitrogens with one attached hydrogen (secondary N) is 2. The molecule has 0 aromatic heterocycles. The van der Waals surface area contributed by atoms with Gasteiger partial charge in [0.25, 0.3) is 0 Å². The summed E-state index contributed by atoms with van der Waals surface area (Å²) < 4.78 is 7.42. The zero-order chi connectivity index (χ0) is 13.2. The Morgan fingerprint density at radius 1 is 1.22 bits per heavy atom. The van der Waals surface area contributed by atoms with Gasteiger partial charge in [-0.25, -0.2) is 0 Å². The Balaban J connectivity index is 2.09. The van der Waals surface area contributed by atoms with Crippen molar-refractivity contribution in [2.75, 3.05) is 33.4 Å². The van der Waals surface area contributed by atoms with Crippen LogP contribution in [0.5, 0.6) is 0 Å². The summed E-state index contributed by atoms with van der Waals surface area (Å²) in [6, 6.07) is 6.38. The van der Waals surface area contributed by atoms with Gasteiger partial charge in [0, 0.05) is 28.2 Å². The average Bonchev–Trinajstić information content (AvgIpc) is 2.36. The summed E-state index contributed by atoms with van der Waals surface area (Å²) in [4.78, 5) is 0. The molecule has 3 nitrogen and oxygen atoms in total. The second-order valence-electron chi connectivity index (χ2n) is 4.01. The minimum absolute atomic E-state index is 0.781. The van der Waals surface area contributed by atoms with Gasteiger partial charge in [-0.15, -0.1) is 0 Å². The molecule has 0 heterocycles. The molecular weight excluding hydrogens is 407 g/mol. The van der Waals surface area contributed by atoms with Crippen LogP contribution in [0.15, 0.2) is 22.7 Å². The van der Waals surface area contributed by atoms with Crippen LogP contribution in [0.25, 0.3) is 0 Å². The maximum Gasteiger partial charge on any atom is 0.0587 e. The van der Waals surface area contributed by atoms with Gasteiger partial charge in [-0.05, 0) is 65.9 Å². The summed E-state index contributed by atoms with van der Waals surface area (Å²) >= 11 is 5.87. The molecule has 0 aliphatic heterocycles. The fourth-order valence-corrected chi connectivity index (χ4v) is 2.47. The van der Waals surface area contributed by atoms with Crippen LogP contribution in [0.4, 0.5) is 0 Å². The van der Waals surface area contributed by atoms with E-state index in [1.165, 1.54) is 9.13 Å². The van der Waals surface area contributed by atoms with Crippen LogP contribution in [0, 0.1) is 3.57 Å². The highest BCUT2D eigenvalue weighted by Gasteiger charge is 1.99. The molecule has 5 heteroatoms. The molecule has 18 heavy (non-hydrogen) atoms. The van der Waals surface area contributed by atoms with E-state index >= 15 is 0 Å². The lowest BCUT2D eigenvalue weighted by molar-refractivity contribution is 0.199. The SMILES string of the molecule is COCCNCCCNCc1cc(Br)ccc1I. The second-order valence-corrected chi connectivity index (χ2v) is 6.09. The fraction of sp³-hybridized carbons (Fsp3) is 0.538. The molecule has 0 aliphatic carbocycles. The molecule has 0 atom stereocenters. The highest BCUT2D eigenvalue weighted by molar-refractivity contribution is 14.1. The van der Waals surface area contributed by atoms with E-state index in [2.05, 4.69) is 67.4 Å². The van der Waals surface area contributed by atoms with Gasteiger partial charge in [0.15, 0.2) is 0 Å². The Labute approximate surface area is 131 Å². The Kier molecular flexibility index (Phi) is 9.22. The summed E-state index contributed by atoms with van der Waals surface area (Å²) in [5, 5.41) is 6.80. The topological polar surface area (TPSA) is 33.3 Å². The Morgan fingerprint density at radius 2 is 2.00 bits per heavy atom. The first-order valence-corrected chi connectivity index (χ1v) is 7.95. The fourth-order valence-electron chi connectivity index (χ4n) is 1.54. The van der Waals surface area contributed by atoms with Crippen molar-refractivity contribution in [1.82, 2.24) is 10.6 Å². The van der Waals surface area contributed by atoms with Crippen LogP contribution in [0.1, 0.15) is 12.0 Å². The van der Waals surface area contributed by atoms with E-state index in [4.69, 9.17) is 4.74 Å². The van der Waals surface area contributed by atoms with Gasteiger partial charge >= 0.3 is 0 Å². The third-order valence-corrected chi connectivity index (χ3v) is 4.06. The van der Waals surface area contributed by atoms with Gasteiger partial charge in [-0.3, -0.25) is 0 Å². The monoisotopic (exact) mass is 426 g/mol. The third kappa shape index (κ3) is 7.04. The largest absolute Gasteiger partial charge is 0.383 e. The molecule has 2 N–H and O–H groups in total. The number of ether oxygens (including phenoxy) is 1. The number of hydrogen-bond donors (Lipinski definition) is 2. The number of halogens is 2. The summed E-state index contributed by atoms with van der Waals surface area (Å²) in [5.74, 6) is 0. The zero-order valence-corrected chi connectivity index (χ0v) is 14.4. The van der Waals surface area contributed by atoms with E-state index in [9.17, 15) is 0 Å². The van der Waals surface area contributed by atoms with Crippen LogP contribution in [0.3, 0.4) is 0 Å². The molecule has 1 aromatic carbocycles. The molecule has 0 unspecified atom stereocenters. The zero-order valence-electron chi connectivity index (χ0n) is 10.6. The van der Waals surface area contributed by atoms with E-state index in [1.807, 2.05) is 0 Å². The quantitative estimate of drug-likeness (QED) is 0.470. The van der Waals surface area contributed by atoms with E-state index in [0.717, 1.165) is 43.7 Å². The average molecular weight is 427 g/mol. The van der Waals surface area contributed by atoms with Crippen molar-refractivity contribution in [3.05, 3.63) is 31.8 Å². The molecule has 0 bridgehead atoms. The molecule has 1 aromatic rings. The van der Waals surface area contributed by atoms with Crippen LogP contribution in [-0.4, -0.2) is 33.4 Å². The first-order valence-electron chi connectivity index (χ1n) is 6.08. The van der Waals surface area contributed by atoms with E-state index in [1.54, 1.807) is 7.11 Å². The Bertz CT molecular complexity index is 350.